The van der Waals surface area contributed by atoms with Gasteiger partial charge in [0.1, 0.15) is 0 Å². The van der Waals surface area contributed by atoms with Gasteiger partial charge >= 0.3 is 0 Å². The number of nitrogens with two attached hydrogens (primary N) is 1. The molecule has 5 nitrogen and oxygen atoms in total. The highest BCUT2D eigenvalue weighted by molar-refractivity contribution is 5.78. The topological polar surface area (TPSA) is 60.1 Å². The first-order chi connectivity index (χ1) is 7.95. The number of aliphatic imine (C=N–C) groups is 1. The maximum absolute atomic E-state index is 5.96. The molecule has 1 aliphatic rings. The number of nitrogens with zero attached hydrogens (tertiary/aromatic N) is 2. The Hall–Kier alpha value is -0.810. The summed E-state index contributed by atoms with van der Waals surface area (Å²) in [4.78, 5) is 6.48. The van der Waals surface area contributed by atoms with Crippen LogP contribution in [-0.4, -0.2) is 56.9 Å². The van der Waals surface area contributed by atoms with Crippen molar-refractivity contribution in [1.29, 1.82) is 0 Å². The van der Waals surface area contributed by atoms with Gasteiger partial charge in [0.05, 0.1) is 25.9 Å². The molecular weight excluding hydrogens is 218 g/mol. The highest BCUT2D eigenvalue weighted by atomic mass is 16.5. The Balaban J connectivity index is 2.50. The lowest BCUT2D eigenvalue weighted by Crippen LogP contribution is -2.45. The minimum absolute atomic E-state index is 0.0730. The molecule has 0 aromatic rings. The van der Waals surface area contributed by atoms with E-state index < -0.39 is 0 Å². The van der Waals surface area contributed by atoms with Gasteiger partial charge in [0.25, 0.3) is 0 Å². The Labute approximate surface area is 104 Å². The molecule has 5 heteroatoms. The summed E-state index contributed by atoms with van der Waals surface area (Å²) in [6, 6.07) is 0. The van der Waals surface area contributed by atoms with Gasteiger partial charge in [0, 0.05) is 20.2 Å². The standard InChI is InChI=1S/C12H25N3O2/c1-12(2,3)10(16-4)9-14-11(13)15-5-7-17-8-6-15/h10H,5-9H2,1-4H3,(H2,13,14). The first-order valence-electron chi connectivity index (χ1n) is 6.10. The molecule has 0 amide bonds. The van der Waals surface area contributed by atoms with Crippen LogP contribution in [0.15, 0.2) is 4.99 Å². The lowest BCUT2D eigenvalue weighted by Gasteiger charge is -2.30. The minimum Gasteiger partial charge on any atom is -0.379 e. The molecule has 1 aliphatic heterocycles. The zero-order valence-electron chi connectivity index (χ0n) is 11.4. The number of methoxy groups -OCH3 is 1. The van der Waals surface area contributed by atoms with Crippen molar-refractivity contribution in [2.75, 3.05) is 40.0 Å². The molecule has 0 saturated carbocycles. The first-order valence-corrected chi connectivity index (χ1v) is 6.10. The van der Waals surface area contributed by atoms with Gasteiger partial charge < -0.3 is 20.1 Å². The third-order valence-electron chi connectivity index (χ3n) is 3.00. The van der Waals surface area contributed by atoms with E-state index in [9.17, 15) is 0 Å². The van der Waals surface area contributed by atoms with Crippen molar-refractivity contribution in [2.45, 2.75) is 26.9 Å². The van der Waals surface area contributed by atoms with Crippen molar-refractivity contribution in [2.24, 2.45) is 16.1 Å². The largest absolute Gasteiger partial charge is 0.379 e. The molecule has 1 atom stereocenters. The van der Waals surface area contributed by atoms with E-state index in [-0.39, 0.29) is 11.5 Å². The van der Waals surface area contributed by atoms with Gasteiger partial charge in [0.2, 0.25) is 0 Å². The van der Waals surface area contributed by atoms with Crippen LogP contribution < -0.4 is 5.73 Å². The normalized spacial score (nSPS) is 20.5. The summed E-state index contributed by atoms with van der Waals surface area (Å²) in [6.45, 7) is 10.1. The van der Waals surface area contributed by atoms with E-state index >= 15 is 0 Å². The van der Waals surface area contributed by atoms with Crippen LogP contribution in [0.25, 0.3) is 0 Å². The van der Waals surface area contributed by atoms with Crippen LogP contribution in [0.3, 0.4) is 0 Å². The molecule has 100 valence electrons. The second-order valence-electron chi connectivity index (χ2n) is 5.39. The minimum atomic E-state index is 0.0730. The van der Waals surface area contributed by atoms with E-state index in [0.717, 1.165) is 26.3 Å². The summed E-state index contributed by atoms with van der Waals surface area (Å²) in [5.74, 6) is 0.597. The fourth-order valence-corrected chi connectivity index (χ4v) is 1.77. The summed E-state index contributed by atoms with van der Waals surface area (Å²) in [5.41, 5.74) is 6.03. The monoisotopic (exact) mass is 243 g/mol. The first kappa shape index (κ1) is 14.3. The molecule has 0 spiro atoms. The number of morpholine rings is 1. The Bertz CT molecular complexity index is 255. The van der Waals surface area contributed by atoms with Crippen LogP contribution in [0.2, 0.25) is 0 Å². The van der Waals surface area contributed by atoms with E-state index in [4.69, 9.17) is 15.2 Å². The summed E-state index contributed by atoms with van der Waals surface area (Å²) >= 11 is 0. The van der Waals surface area contributed by atoms with Crippen molar-refractivity contribution >= 4 is 5.96 Å². The summed E-state index contributed by atoms with van der Waals surface area (Å²) in [6.07, 6.45) is 0.0853. The van der Waals surface area contributed by atoms with Crippen molar-refractivity contribution in [1.82, 2.24) is 4.90 Å². The van der Waals surface area contributed by atoms with Gasteiger partial charge in [-0.15, -0.1) is 0 Å². The number of rotatable bonds is 3. The van der Waals surface area contributed by atoms with Crippen LogP contribution in [0.5, 0.6) is 0 Å². The average molecular weight is 243 g/mol. The average Bonchev–Trinajstić information content (AvgIpc) is 2.29. The third kappa shape index (κ3) is 4.52. The summed E-state index contributed by atoms with van der Waals surface area (Å²) < 4.78 is 10.7. The molecule has 2 N–H and O–H groups in total. The predicted octanol–water partition coefficient (Wildman–Crippen LogP) is 0.694. The van der Waals surface area contributed by atoms with Crippen molar-refractivity contribution in [3.8, 4) is 0 Å². The molecule has 17 heavy (non-hydrogen) atoms. The van der Waals surface area contributed by atoms with Crippen LogP contribution in [0.4, 0.5) is 0 Å². The van der Waals surface area contributed by atoms with Crippen LogP contribution in [-0.2, 0) is 9.47 Å². The van der Waals surface area contributed by atoms with Gasteiger partial charge in [-0.3, -0.25) is 4.99 Å². The molecule has 1 fully saturated rings. The van der Waals surface area contributed by atoms with Gasteiger partial charge in [-0.1, -0.05) is 20.8 Å². The Kier molecular flexibility index (Phi) is 5.21. The van der Waals surface area contributed by atoms with Gasteiger partial charge in [0.15, 0.2) is 5.96 Å². The maximum Gasteiger partial charge on any atom is 0.191 e. The molecule has 1 rings (SSSR count). The summed E-state index contributed by atoms with van der Waals surface area (Å²) in [5, 5.41) is 0. The van der Waals surface area contributed by atoms with Crippen LogP contribution >= 0.6 is 0 Å². The van der Waals surface area contributed by atoms with Crippen molar-refractivity contribution in [3.05, 3.63) is 0 Å². The number of hydrogen-bond donors (Lipinski definition) is 1. The van der Waals surface area contributed by atoms with E-state index in [1.165, 1.54) is 0 Å². The molecule has 0 aliphatic carbocycles. The number of guanidine groups is 1. The second kappa shape index (κ2) is 6.21. The highest BCUT2D eigenvalue weighted by Gasteiger charge is 2.24. The lowest BCUT2D eigenvalue weighted by molar-refractivity contribution is 0.0236. The fourth-order valence-electron chi connectivity index (χ4n) is 1.77. The number of ether oxygens (including phenoxy) is 2. The molecule has 0 bridgehead atoms. The lowest BCUT2D eigenvalue weighted by atomic mass is 9.89. The zero-order chi connectivity index (χ0) is 12.9. The molecule has 1 saturated heterocycles. The molecular formula is C12H25N3O2. The van der Waals surface area contributed by atoms with E-state index in [0.29, 0.717) is 12.5 Å². The Morgan fingerprint density at radius 3 is 2.47 bits per heavy atom. The van der Waals surface area contributed by atoms with Gasteiger partial charge in [-0.05, 0) is 5.41 Å². The van der Waals surface area contributed by atoms with Crippen LogP contribution in [0.1, 0.15) is 20.8 Å². The number of hydrogen-bond acceptors (Lipinski definition) is 3. The van der Waals surface area contributed by atoms with E-state index in [1.807, 2.05) is 0 Å². The third-order valence-corrected chi connectivity index (χ3v) is 3.00. The summed E-state index contributed by atoms with van der Waals surface area (Å²) in [7, 11) is 1.72. The van der Waals surface area contributed by atoms with Crippen molar-refractivity contribution < 1.29 is 9.47 Å². The second-order valence-corrected chi connectivity index (χ2v) is 5.39. The molecule has 1 heterocycles. The van der Waals surface area contributed by atoms with E-state index in [2.05, 4.69) is 30.7 Å². The quantitative estimate of drug-likeness (QED) is 0.585. The fraction of sp³-hybridized carbons (Fsp3) is 0.917. The Morgan fingerprint density at radius 2 is 2.00 bits per heavy atom. The van der Waals surface area contributed by atoms with Gasteiger partial charge in [-0.2, -0.15) is 0 Å². The molecule has 1 unspecified atom stereocenters. The Morgan fingerprint density at radius 1 is 1.41 bits per heavy atom. The predicted molar refractivity (Wildman–Crippen MR) is 69.1 cm³/mol. The molecule has 0 aromatic carbocycles. The van der Waals surface area contributed by atoms with E-state index in [1.54, 1.807) is 7.11 Å². The van der Waals surface area contributed by atoms with Crippen LogP contribution in [0, 0.1) is 5.41 Å². The van der Waals surface area contributed by atoms with Crippen molar-refractivity contribution in [3.63, 3.8) is 0 Å². The molecule has 0 aromatic heterocycles. The smallest absolute Gasteiger partial charge is 0.191 e. The van der Waals surface area contributed by atoms with Gasteiger partial charge in [-0.25, -0.2) is 0 Å². The highest BCUT2D eigenvalue weighted by Crippen LogP contribution is 2.21. The maximum atomic E-state index is 5.96. The molecule has 0 radical (unpaired) electrons. The zero-order valence-corrected chi connectivity index (χ0v) is 11.4. The SMILES string of the molecule is COC(CN=C(N)N1CCOCC1)C(C)(C)C.